The van der Waals surface area contributed by atoms with Gasteiger partial charge in [-0.3, -0.25) is 4.79 Å². The van der Waals surface area contributed by atoms with Crippen molar-refractivity contribution in [2.75, 3.05) is 12.3 Å². The molecule has 11 nitrogen and oxygen atoms in total. The molecule has 13 heteroatoms. The van der Waals surface area contributed by atoms with Crippen molar-refractivity contribution >= 4 is 34.4 Å². The van der Waals surface area contributed by atoms with E-state index >= 15 is 0 Å². The summed E-state index contributed by atoms with van der Waals surface area (Å²) in [5.74, 6) is -0.466. The zero-order chi connectivity index (χ0) is 28.5. The first-order chi connectivity index (χ1) is 17.4. The van der Waals surface area contributed by atoms with E-state index in [1.165, 1.54) is 12.4 Å². The molecule has 0 aromatic carbocycles. The SMILES string of the molecule is C[C@H](NC(=O)OC(C)(C)C)C(=O)N1CCCC[C@@H]1CCS(=O)(=O)c1ncc(B2OC(C)(C)C(C)(C)O2)cn1. The standard InChI is InChI=1S/C25H41BN4O7S/c1-17(29-22(32)35-23(2,3)4)20(31)30-13-10-9-11-19(30)12-14-38(33,34)21-27-15-18(16-28-21)26-36-24(5,6)25(7,8)37-26/h15-17,19H,9-14H2,1-8H3,(H,29,32)/t17-,19+/m0/s1. The Labute approximate surface area is 226 Å². The van der Waals surface area contributed by atoms with Gasteiger partial charge in [-0.05, 0) is 81.1 Å². The van der Waals surface area contributed by atoms with Crippen LogP contribution in [0.2, 0.25) is 0 Å². The Morgan fingerprint density at radius 3 is 2.29 bits per heavy atom. The van der Waals surface area contributed by atoms with Crippen LogP contribution in [0.3, 0.4) is 0 Å². The average Bonchev–Trinajstić information content (AvgIpc) is 3.03. The largest absolute Gasteiger partial charge is 0.498 e. The van der Waals surface area contributed by atoms with E-state index in [0.717, 1.165) is 12.8 Å². The number of aromatic nitrogens is 2. The van der Waals surface area contributed by atoms with Crippen molar-refractivity contribution in [2.24, 2.45) is 0 Å². The molecule has 3 heterocycles. The highest BCUT2D eigenvalue weighted by atomic mass is 32.2. The number of hydrogen-bond acceptors (Lipinski definition) is 9. The second-order valence-electron chi connectivity index (χ2n) is 12.0. The second-order valence-corrected chi connectivity index (χ2v) is 14.0. The summed E-state index contributed by atoms with van der Waals surface area (Å²) in [6.45, 7) is 15.1. The number of piperidine rings is 1. The summed E-state index contributed by atoms with van der Waals surface area (Å²) in [7, 11) is -4.47. The third-order valence-electron chi connectivity index (χ3n) is 7.19. The lowest BCUT2D eigenvalue weighted by atomic mass is 9.81. The Bertz CT molecular complexity index is 1100. The zero-order valence-corrected chi connectivity index (χ0v) is 24.6. The Balaban J connectivity index is 1.62. The fourth-order valence-corrected chi connectivity index (χ4v) is 5.55. The van der Waals surface area contributed by atoms with Crippen LogP contribution in [-0.2, 0) is 28.7 Å². The number of nitrogens with zero attached hydrogens (tertiary/aromatic N) is 3. The van der Waals surface area contributed by atoms with Crippen molar-refractivity contribution in [2.45, 2.75) is 115 Å². The van der Waals surface area contributed by atoms with Gasteiger partial charge in [-0.15, -0.1) is 0 Å². The van der Waals surface area contributed by atoms with Crippen molar-refractivity contribution < 1.29 is 32.1 Å². The number of carbonyl (C=O) groups is 2. The van der Waals surface area contributed by atoms with Gasteiger partial charge in [0.1, 0.15) is 11.6 Å². The topological polar surface area (TPSA) is 137 Å². The van der Waals surface area contributed by atoms with Gasteiger partial charge in [0.2, 0.25) is 20.9 Å². The van der Waals surface area contributed by atoms with E-state index in [9.17, 15) is 18.0 Å². The number of ether oxygens (including phenoxy) is 1. The maximum Gasteiger partial charge on any atom is 0.498 e. The lowest BCUT2D eigenvalue weighted by Gasteiger charge is -2.37. The maximum absolute atomic E-state index is 13.1. The summed E-state index contributed by atoms with van der Waals surface area (Å²) in [4.78, 5) is 35.1. The minimum Gasteiger partial charge on any atom is -0.444 e. The quantitative estimate of drug-likeness (QED) is 0.399. The fraction of sp³-hybridized carbons (Fsp3) is 0.760. The Morgan fingerprint density at radius 2 is 1.74 bits per heavy atom. The van der Waals surface area contributed by atoms with E-state index in [4.69, 9.17) is 14.0 Å². The first-order valence-corrected chi connectivity index (χ1v) is 14.8. The highest BCUT2D eigenvalue weighted by Crippen LogP contribution is 2.36. The summed E-state index contributed by atoms with van der Waals surface area (Å²) in [5.41, 5.74) is -1.21. The number of hydrogen-bond donors (Lipinski definition) is 1. The highest BCUT2D eigenvalue weighted by Gasteiger charge is 2.52. The zero-order valence-electron chi connectivity index (χ0n) is 23.7. The number of amides is 2. The first-order valence-electron chi connectivity index (χ1n) is 13.1. The number of carbonyl (C=O) groups excluding carboxylic acids is 2. The molecule has 0 aliphatic carbocycles. The van der Waals surface area contributed by atoms with E-state index in [0.29, 0.717) is 18.4 Å². The third-order valence-corrected chi connectivity index (χ3v) is 8.73. The van der Waals surface area contributed by atoms with Gasteiger partial charge < -0.3 is 24.3 Å². The minimum absolute atomic E-state index is 0.203. The normalized spacial score (nSPS) is 22.2. The van der Waals surface area contributed by atoms with Crippen molar-refractivity contribution in [3.8, 4) is 0 Å². The first kappa shape index (κ1) is 30.3. The molecule has 1 aromatic rings. The molecule has 0 radical (unpaired) electrons. The highest BCUT2D eigenvalue weighted by molar-refractivity contribution is 7.91. The van der Waals surface area contributed by atoms with Gasteiger partial charge in [0, 0.05) is 30.4 Å². The number of alkyl carbamates (subject to hydrolysis) is 1. The molecular formula is C25H41BN4O7S. The van der Waals surface area contributed by atoms with Crippen LogP contribution in [0.15, 0.2) is 17.6 Å². The molecule has 212 valence electrons. The molecule has 2 amide bonds. The van der Waals surface area contributed by atoms with Crippen LogP contribution in [-0.4, -0.2) is 83.6 Å². The van der Waals surface area contributed by atoms with E-state index in [1.54, 1.807) is 32.6 Å². The van der Waals surface area contributed by atoms with Crippen molar-refractivity contribution in [1.82, 2.24) is 20.2 Å². The molecule has 0 saturated carbocycles. The maximum atomic E-state index is 13.1. The Hall–Kier alpha value is -2.25. The molecule has 1 aromatic heterocycles. The lowest BCUT2D eigenvalue weighted by molar-refractivity contribution is -0.136. The van der Waals surface area contributed by atoms with Gasteiger partial charge in [0.05, 0.1) is 17.0 Å². The lowest BCUT2D eigenvalue weighted by Crippen LogP contribution is -2.53. The molecule has 2 saturated heterocycles. The van der Waals surface area contributed by atoms with E-state index in [2.05, 4.69) is 15.3 Å². The average molecular weight is 553 g/mol. The van der Waals surface area contributed by atoms with E-state index < -0.39 is 45.9 Å². The molecule has 0 bridgehead atoms. The summed E-state index contributed by atoms with van der Waals surface area (Å²) < 4.78 is 43.3. The van der Waals surface area contributed by atoms with E-state index in [1.807, 2.05) is 27.7 Å². The van der Waals surface area contributed by atoms with Gasteiger partial charge in [0.25, 0.3) is 0 Å². The predicted molar refractivity (Wildman–Crippen MR) is 143 cm³/mol. The molecule has 1 N–H and O–H groups in total. The number of nitrogens with one attached hydrogen (secondary N) is 1. The van der Waals surface area contributed by atoms with Crippen LogP contribution in [0.1, 0.15) is 81.1 Å². The summed E-state index contributed by atoms with van der Waals surface area (Å²) >= 11 is 0. The third kappa shape index (κ3) is 7.23. The summed E-state index contributed by atoms with van der Waals surface area (Å²) in [6, 6.07) is -1.06. The molecule has 2 atom stereocenters. The van der Waals surface area contributed by atoms with Crippen LogP contribution in [0, 0.1) is 0 Å². The molecule has 0 spiro atoms. The summed E-state index contributed by atoms with van der Waals surface area (Å²) in [6.07, 6.45) is 4.80. The van der Waals surface area contributed by atoms with Crippen LogP contribution in [0.4, 0.5) is 4.79 Å². The van der Waals surface area contributed by atoms with Gasteiger partial charge >= 0.3 is 13.2 Å². The van der Waals surface area contributed by atoms with Gasteiger partial charge in [-0.25, -0.2) is 23.2 Å². The van der Waals surface area contributed by atoms with Crippen LogP contribution < -0.4 is 10.8 Å². The number of likely N-dealkylation sites (tertiary alicyclic amines) is 1. The van der Waals surface area contributed by atoms with Crippen molar-refractivity contribution in [1.29, 1.82) is 0 Å². The van der Waals surface area contributed by atoms with Crippen molar-refractivity contribution in [3.63, 3.8) is 0 Å². The predicted octanol–water partition coefficient (Wildman–Crippen LogP) is 2.23. The Morgan fingerprint density at radius 1 is 1.16 bits per heavy atom. The van der Waals surface area contributed by atoms with Crippen LogP contribution in [0.5, 0.6) is 0 Å². The van der Waals surface area contributed by atoms with Gasteiger partial charge in [-0.2, -0.15) is 0 Å². The van der Waals surface area contributed by atoms with E-state index in [-0.39, 0.29) is 29.3 Å². The fourth-order valence-electron chi connectivity index (χ4n) is 4.36. The van der Waals surface area contributed by atoms with Crippen LogP contribution in [0.25, 0.3) is 0 Å². The van der Waals surface area contributed by atoms with Gasteiger partial charge in [-0.1, -0.05) is 0 Å². The summed E-state index contributed by atoms with van der Waals surface area (Å²) in [5, 5.41) is 2.31. The Kier molecular flexibility index (Phi) is 8.84. The van der Waals surface area contributed by atoms with Crippen molar-refractivity contribution in [3.05, 3.63) is 12.4 Å². The molecule has 2 fully saturated rings. The monoisotopic (exact) mass is 552 g/mol. The minimum atomic E-state index is -3.79. The smallest absolute Gasteiger partial charge is 0.444 e. The van der Waals surface area contributed by atoms with Gasteiger partial charge in [0.15, 0.2) is 0 Å². The molecular weight excluding hydrogens is 511 g/mol. The number of rotatable bonds is 7. The van der Waals surface area contributed by atoms with Crippen LogP contribution >= 0.6 is 0 Å². The molecule has 2 aliphatic heterocycles. The molecule has 3 rings (SSSR count). The molecule has 0 unspecified atom stereocenters. The molecule has 38 heavy (non-hydrogen) atoms. The number of sulfone groups is 1. The second kappa shape index (κ2) is 11.1. The molecule has 2 aliphatic rings.